The van der Waals surface area contributed by atoms with Crippen LogP contribution in [0.4, 0.5) is 5.69 Å². The molecule has 0 amide bonds. The molecule has 0 aliphatic carbocycles. The van der Waals surface area contributed by atoms with Crippen LogP contribution in [0.1, 0.15) is 27.7 Å². The molecular formula is C18H31ClN2O4S. The van der Waals surface area contributed by atoms with Gasteiger partial charge in [0.25, 0.3) is 0 Å². The Morgan fingerprint density at radius 1 is 1.42 bits per heavy atom. The number of nitrogen functional groups attached to an aromatic ring is 1. The van der Waals surface area contributed by atoms with E-state index < -0.39 is 10.0 Å². The lowest BCUT2D eigenvalue weighted by molar-refractivity contribution is 0.272. The molecule has 0 saturated carbocycles. The van der Waals surface area contributed by atoms with Gasteiger partial charge in [-0.1, -0.05) is 43.3 Å². The van der Waals surface area contributed by atoms with Gasteiger partial charge in [0, 0.05) is 25.6 Å². The number of aliphatic hydroxyl groups is 1. The summed E-state index contributed by atoms with van der Waals surface area (Å²) in [5.74, 6) is 0.525. The second kappa shape index (κ2) is 14.6. The van der Waals surface area contributed by atoms with E-state index in [1.165, 1.54) is 15.8 Å². The highest BCUT2D eigenvalue weighted by Crippen LogP contribution is 2.31. The average molecular weight is 407 g/mol. The first-order valence-corrected chi connectivity index (χ1v) is 10.0. The molecule has 0 aliphatic heterocycles. The van der Waals surface area contributed by atoms with E-state index >= 15 is 0 Å². The molecule has 3 N–H and O–H groups in total. The Hall–Kier alpha value is -1.54. The van der Waals surface area contributed by atoms with Crippen molar-refractivity contribution in [3.05, 3.63) is 47.4 Å². The fourth-order valence-corrected chi connectivity index (χ4v) is 2.48. The molecule has 0 saturated heterocycles. The number of hydrogen-bond acceptors (Lipinski definition) is 5. The highest BCUT2D eigenvalue weighted by Gasteiger charge is 2.09. The Kier molecular flexibility index (Phi) is 15.0. The van der Waals surface area contributed by atoms with Crippen LogP contribution in [0.5, 0.6) is 5.75 Å². The molecule has 8 heteroatoms. The third-order valence-corrected chi connectivity index (χ3v) is 4.86. The molecule has 0 spiro atoms. The number of hydrogen-bond donors (Lipinski definition) is 2. The van der Waals surface area contributed by atoms with Crippen molar-refractivity contribution < 1.29 is 18.3 Å². The molecule has 150 valence electrons. The Bertz CT molecular complexity index is 628. The molecule has 1 atom stereocenters. The fourth-order valence-electron chi connectivity index (χ4n) is 1.34. The smallest absolute Gasteiger partial charge is 0.235 e. The molecule has 1 aromatic rings. The van der Waals surface area contributed by atoms with E-state index in [9.17, 15) is 8.42 Å². The van der Waals surface area contributed by atoms with Gasteiger partial charge in [-0.15, -0.1) is 0 Å². The largest absolute Gasteiger partial charge is 0.483 e. The van der Waals surface area contributed by atoms with Gasteiger partial charge in [0.15, 0.2) is 5.75 Å². The molecule has 0 heterocycles. The number of halogens is 1. The van der Waals surface area contributed by atoms with Gasteiger partial charge in [0.2, 0.25) is 10.0 Å². The summed E-state index contributed by atoms with van der Waals surface area (Å²) in [5, 5.41) is 9.28. The normalized spacial score (nSPS) is 11.8. The highest BCUT2D eigenvalue weighted by atomic mass is 35.5. The van der Waals surface area contributed by atoms with Gasteiger partial charge in [0.05, 0.1) is 10.7 Å². The minimum absolute atomic E-state index is 0.0952. The van der Waals surface area contributed by atoms with Crippen LogP contribution < -0.4 is 10.5 Å². The Morgan fingerprint density at radius 3 is 2.35 bits per heavy atom. The summed E-state index contributed by atoms with van der Waals surface area (Å²) in [5.41, 5.74) is 6.22. The van der Waals surface area contributed by atoms with Crippen molar-refractivity contribution in [2.45, 2.75) is 33.8 Å². The predicted molar refractivity (Wildman–Crippen MR) is 111 cm³/mol. The van der Waals surface area contributed by atoms with E-state index in [4.69, 9.17) is 27.2 Å². The molecule has 1 rings (SSSR count). The van der Waals surface area contributed by atoms with Crippen molar-refractivity contribution in [3.63, 3.8) is 0 Å². The van der Waals surface area contributed by atoms with Crippen molar-refractivity contribution in [2.75, 3.05) is 25.9 Å². The summed E-state index contributed by atoms with van der Waals surface area (Å²) in [6.07, 6.45) is 3.10. The van der Waals surface area contributed by atoms with Crippen LogP contribution in [0, 0.1) is 0 Å². The number of para-hydroxylation sites is 1. The van der Waals surface area contributed by atoms with Crippen molar-refractivity contribution >= 4 is 27.3 Å². The highest BCUT2D eigenvalue weighted by molar-refractivity contribution is 7.92. The zero-order valence-corrected chi connectivity index (χ0v) is 17.7. The van der Waals surface area contributed by atoms with Crippen LogP contribution in [0.3, 0.4) is 0 Å². The van der Waals surface area contributed by atoms with Crippen LogP contribution in [-0.4, -0.2) is 44.1 Å². The Balaban J connectivity index is 0. The predicted octanol–water partition coefficient (Wildman–Crippen LogP) is 3.68. The first-order chi connectivity index (χ1) is 12.1. The van der Waals surface area contributed by atoms with Gasteiger partial charge in [-0.05, 0) is 32.9 Å². The molecule has 0 aliphatic rings. The quantitative estimate of drug-likeness (QED) is 0.555. The molecule has 1 unspecified atom stereocenters. The lowest BCUT2D eigenvalue weighted by Crippen LogP contribution is -2.24. The summed E-state index contributed by atoms with van der Waals surface area (Å²) >= 11 is 5.89. The molecule has 1 aromatic carbocycles. The summed E-state index contributed by atoms with van der Waals surface area (Å²) < 4.78 is 28.7. The van der Waals surface area contributed by atoms with Crippen LogP contribution in [0.25, 0.3) is 0 Å². The average Bonchev–Trinajstić information content (AvgIpc) is 2.58. The molecule has 26 heavy (non-hydrogen) atoms. The van der Waals surface area contributed by atoms with E-state index in [1.807, 2.05) is 6.92 Å². The maximum Gasteiger partial charge on any atom is 0.235 e. The molecule has 0 aromatic heterocycles. The number of nitrogens with two attached hydrogens (primary N) is 1. The minimum atomic E-state index is -3.11. The van der Waals surface area contributed by atoms with E-state index in [2.05, 4.69) is 6.58 Å². The second-order valence-corrected chi connectivity index (χ2v) is 7.29. The van der Waals surface area contributed by atoms with Crippen molar-refractivity contribution in [2.24, 2.45) is 0 Å². The third-order valence-electron chi connectivity index (χ3n) is 2.82. The molecular weight excluding hydrogens is 376 g/mol. The maximum absolute atomic E-state index is 11.0. The SMILES string of the molecule is C/C=C/S(=O)(=O)N(C)CC.C=CC(C)Oc1c(N)cccc1Cl.CCO. The maximum atomic E-state index is 11.0. The molecule has 0 radical (unpaired) electrons. The molecule has 0 bridgehead atoms. The van der Waals surface area contributed by atoms with E-state index in [-0.39, 0.29) is 12.7 Å². The first-order valence-electron chi connectivity index (χ1n) is 8.14. The van der Waals surface area contributed by atoms with Crippen molar-refractivity contribution in [1.29, 1.82) is 0 Å². The van der Waals surface area contributed by atoms with E-state index in [0.717, 1.165) is 0 Å². The summed E-state index contributed by atoms with van der Waals surface area (Å²) in [6, 6.07) is 5.27. The second-order valence-electron chi connectivity index (χ2n) is 4.96. The number of rotatable bonds is 6. The summed E-state index contributed by atoms with van der Waals surface area (Å²) in [6.45, 7) is 11.4. The number of benzene rings is 1. The number of ether oxygens (including phenoxy) is 1. The van der Waals surface area contributed by atoms with Gasteiger partial charge in [0.1, 0.15) is 6.10 Å². The Morgan fingerprint density at radius 2 is 1.96 bits per heavy atom. The zero-order chi connectivity index (χ0) is 20.8. The zero-order valence-electron chi connectivity index (χ0n) is 16.1. The topological polar surface area (TPSA) is 92.9 Å². The Labute approximate surface area is 163 Å². The number of aliphatic hydroxyl groups excluding tert-OH is 1. The lowest BCUT2D eigenvalue weighted by Gasteiger charge is -2.13. The van der Waals surface area contributed by atoms with Crippen LogP contribution in [-0.2, 0) is 10.0 Å². The van der Waals surface area contributed by atoms with Crippen LogP contribution in [0.2, 0.25) is 5.02 Å². The van der Waals surface area contributed by atoms with Gasteiger partial charge < -0.3 is 15.6 Å². The molecule has 0 fully saturated rings. The fraction of sp³-hybridized carbons (Fsp3) is 0.444. The number of nitrogens with zero attached hydrogens (tertiary/aromatic N) is 1. The van der Waals surface area contributed by atoms with Gasteiger partial charge in [-0.2, -0.15) is 0 Å². The number of allylic oxidation sites excluding steroid dienone is 1. The van der Waals surface area contributed by atoms with Crippen LogP contribution in [0.15, 0.2) is 42.3 Å². The lowest BCUT2D eigenvalue weighted by atomic mass is 10.3. The van der Waals surface area contributed by atoms with E-state index in [0.29, 0.717) is 23.0 Å². The van der Waals surface area contributed by atoms with Gasteiger partial charge >= 0.3 is 0 Å². The minimum Gasteiger partial charge on any atom is -0.483 e. The van der Waals surface area contributed by atoms with Crippen LogP contribution >= 0.6 is 11.6 Å². The first kappa shape index (κ1) is 26.7. The van der Waals surface area contributed by atoms with Gasteiger partial charge in [-0.25, -0.2) is 12.7 Å². The standard InChI is InChI=1S/C10H12ClNO.C6H13NO2S.C2H6O/c1-3-7(2)13-10-8(11)5-4-6-9(10)12;1-4-6-10(8,9)7(3)5-2;1-2-3/h3-7H,1,12H2,2H3;4,6H,5H2,1-3H3;3H,2H2,1H3/b;6-4+;. The number of sulfonamides is 1. The summed E-state index contributed by atoms with van der Waals surface area (Å²) in [4.78, 5) is 0. The third kappa shape index (κ3) is 11.1. The van der Waals surface area contributed by atoms with Crippen molar-refractivity contribution in [3.8, 4) is 5.75 Å². The van der Waals surface area contributed by atoms with Crippen molar-refractivity contribution in [1.82, 2.24) is 4.31 Å². The van der Waals surface area contributed by atoms with E-state index in [1.54, 1.807) is 52.1 Å². The number of anilines is 1. The monoisotopic (exact) mass is 406 g/mol. The summed E-state index contributed by atoms with van der Waals surface area (Å²) in [7, 11) is -1.56. The van der Waals surface area contributed by atoms with Gasteiger partial charge in [-0.3, -0.25) is 0 Å². The molecule has 6 nitrogen and oxygen atoms in total.